The van der Waals surface area contributed by atoms with Crippen LogP contribution in [0.25, 0.3) is 0 Å². The van der Waals surface area contributed by atoms with E-state index < -0.39 is 0 Å². The number of thiophene rings is 1. The summed E-state index contributed by atoms with van der Waals surface area (Å²) in [7, 11) is 0. The van der Waals surface area contributed by atoms with E-state index in [-0.39, 0.29) is 5.91 Å². The van der Waals surface area contributed by atoms with Gasteiger partial charge in [-0.1, -0.05) is 6.07 Å². The average molecular weight is 194 g/mol. The molecule has 0 spiro atoms. The van der Waals surface area contributed by atoms with Gasteiger partial charge in [0.1, 0.15) is 0 Å². The Bertz CT molecular complexity index is 380. The third-order valence-corrected chi connectivity index (χ3v) is 2.28. The summed E-state index contributed by atoms with van der Waals surface area (Å²) >= 11 is 1.38. The lowest BCUT2D eigenvalue weighted by atomic mass is 10.4. The fourth-order valence-electron chi connectivity index (χ4n) is 0.859. The molecule has 4 nitrogen and oxygen atoms in total. The summed E-state index contributed by atoms with van der Waals surface area (Å²) in [6, 6.07) is 3.57. The number of carbonyl (C=O) groups excluding carboxylic acids is 1. The standard InChI is InChI=1S/C8H6N2O2S/c11-8(6-2-1-3-13-6)10-7-4-9-5-12-7/h1-5H,(H,10,11). The van der Waals surface area contributed by atoms with Crippen molar-refractivity contribution >= 4 is 23.1 Å². The van der Waals surface area contributed by atoms with Crippen LogP contribution in [0.5, 0.6) is 0 Å². The van der Waals surface area contributed by atoms with Gasteiger partial charge in [0.2, 0.25) is 5.88 Å². The number of carbonyl (C=O) groups is 1. The van der Waals surface area contributed by atoms with Gasteiger partial charge in [0, 0.05) is 0 Å². The number of oxazole rings is 1. The van der Waals surface area contributed by atoms with Crippen molar-refractivity contribution < 1.29 is 9.21 Å². The van der Waals surface area contributed by atoms with Gasteiger partial charge >= 0.3 is 0 Å². The van der Waals surface area contributed by atoms with Crippen LogP contribution in [0.3, 0.4) is 0 Å². The van der Waals surface area contributed by atoms with Crippen LogP contribution in [-0.4, -0.2) is 10.9 Å². The van der Waals surface area contributed by atoms with Crippen LogP contribution >= 0.6 is 11.3 Å². The van der Waals surface area contributed by atoms with Gasteiger partial charge in [0.15, 0.2) is 6.39 Å². The number of aromatic nitrogens is 1. The van der Waals surface area contributed by atoms with Crippen molar-refractivity contribution in [1.82, 2.24) is 4.98 Å². The number of rotatable bonds is 2. The van der Waals surface area contributed by atoms with Gasteiger partial charge in [-0.05, 0) is 11.4 Å². The van der Waals surface area contributed by atoms with Crippen LogP contribution in [0.2, 0.25) is 0 Å². The highest BCUT2D eigenvalue weighted by molar-refractivity contribution is 7.12. The molecule has 0 bridgehead atoms. The van der Waals surface area contributed by atoms with E-state index >= 15 is 0 Å². The molecule has 0 atom stereocenters. The lowest BCUT2D eigenvalue weighted by Gasteiger charge is -1.96. The number of hydrogen-bond donors (Lipinski definition) is 1. The minimum absolute atomic E-state index is 0.174. The van der Waals surface area contributed by atoms with Crippen molar-refractivity contribution in [3.63, 3.8) is 0 Å². The number of hydrogen-bond acceptors (Lipinski definition) is 4. The van der Waals surface area contributed by atoms with Gasteiger partial charge in [-0.2, -0.15) is 0 Å². The zero-order chi connectivity index (χ0) is 9.10. The zero-order valence-electron chi connectivity index (χ0n) is 6.56. The van der Waals surface area contributed by atoms with Crippen LogP contribution in [0.15, 0.2) is 34.5 Å². The van der Waals surface area contributed by atoms with Crippen molar-refractivity contribution in [3.8, 4) is 0 Å². The van der Waals surface area contributed by atoms with Crippen LogP contribution < -0.4 is 5.32 Å². The summed E-state index contributed by atoms with van der Waals surface area (Å²) in [5.41, 5.74) is 0. The maximum absolute atomic E-state index is 11.4. The maximum atomic E-state index is 11.4. The molecule has 5 heteroatoms. The number of amides is 1. The zero-order valence-corrected chi connectivity index (χ0v) is 7.38. The van der Waals surface area contributed by atoms with Crippen LogP contribution in [0.4, 0.5) is 5.88 Å². The molecule has 0 aliphatic heterocycles. The van der Waals surface area contributed by atoms with Crippen molar-refractivity contribution in [1.29, 1.82) is 0 Å². The van der Waals surface area contributed by atoms with Crippen molar-refractivity contribution in [2.24, 2.45) is 0 Å². The first-order valence-corrected chi connectivity index (χ1v) is 4.47. The van der Waals surface area contributed by atoms with Crippen LogP contribution in [0, 0.1) is 0 Å². The molecule has 0 fully saturated rings. The van der Waals surface area contributed by atoms with E-state index in [1.54, 1.807) is 6.07 Å². The second kappa shape index (κ2) is 3.40. The Morgan fingerprint density at radius 2 is 2.54 bits per heavy atom. The highest BCUT2D eigenvalue weighted by Crippen LogP contribution is 2.11. The Morgan fingerprint density at radius 1 is 1.62 bits per heavy atom. The fraction of sp³-hybridized carbons (Fsp3) is 0. The predicted octanol–water partition coefficient (Wildman–Crippen LogP) is 1.99. The second-order valence-electron chi connectivity index (χ2n) is 2.30. The molecule has 0 saturated heterocycles. The van der Waals surface area contributed by atoms with Gasteiger partial charge in [0.05, 0.1) is 11.1 Å². The van der Waals surface area contributed by atoms with E-state index in [4.69, 9.17) is 4.42 Å². The monoisotopic (exact) mass is 194 g/mol. The van der Waals surface area contributed by atoms with Gasteiger partial charge in [-0.3, -0.25) is 10.1 Å². The Kier molecular flexibility index (Phi) is 2.09. The SMILES string of the molecule is O=C(Nc1cnco1)c1cccs1. The first-order valence-electron chi connectivity index (χ1n) is 3.59. The molecule has 0 radical (unpaired) electrons. The normalized spacial score (nSPS) is 9.85. The molecule has 2 heterocycles. The summed E-state index contributed by atoms with van der Waals surface area (Å²) in [4.78, 5) is 15.7. The molecule has 1 amide bonds. The molecule has 2 aromatic rings. The first kappa shape index (κ1) is 8.00. The smallest absolute Gasteiger partial charge is 0.268 e. The molecule has 0 saturated carbocycles. The van der Waals surface area contributed by atoms with Crippen molar-refractivity contribution in [3.05, 3.63) is 35.0 Å². The maximum Gasteiger partial charge on any atom is 0.268 e. The lowest BCUT2D eigenvalue weighted by Crippen LogP contribution is -2.09. The lowest BCUT2D eigenvalue weighted by molar-refractivity contribution is 0.102. The van der Waals surface area contributed by atoms with E-state index in [1.807, 2.05) is 11.4 Å². The van der Waals surface area contributed by atoms with Crippen LogP contribution in [-0.2, 0) is 0 Å². The minimum Gasteiger partial charge on any atom is -0.428 e. The Hall–Kier alpha value is -1.62. The van der Waals surface area contributed by atoms with Gasteiger partial charge in [0.25, 0.3) is 5.91 Å². The third-order valence-electron chi connectivity index (χ3n) is 1.41. The van der Waals surface area contributed by atoms with Gasteiger partial charge < -0.3 is 4.42 Å². The summed E-state index contributed by atoms with van der Waals surface area (Å²) < 4.78 is 4.86. The molecule has 2 rings (SSSR count). The predicted molar refractivity (Wildman–Crippen MR) is 48.8 cm³/mol. The molecule has 0 unspecified atom stereocenters. The average Bonchev–Trinajstić information content (AvgIpc) is 2.74. The quantitative estimate of drug-likeness (QED) is 0.795. The van der Waals surface area contributed by atoms with E-state index in [0.717, 1.165) is 0 Å². The Labute approximate surface area is 78.2 Å². The van der Waals surface area contributed by atoms with E-state index in [9.17, 15) is 4.79 Å². The topological polar surface area (TPSA) is 55.1 Å². The summed E-state index contributed by atoms with van der Waals surface area (Å²) in [5.74, 6) is 0.185. The van der Waals surface area contributed by atoms with Crippen molar-refractivity contribution in [2.45, 2.75) is 0 Å². The molecule has 0 aromatic carbocycles. The molecule has 1 N–H and O–H groups in total. The van der Waals surface area contributed by atoms with E-state index in [1.165, 1.54) is 23.9 Å². The molecule has 2 aromatic heterocycles. The molecular weight excluding hydrogens is 188 g/mol. The molecule has 0 aliphatic rings. The Balaban J connectivity index is 2.08. The summed E-state index contributed by atoms with van der Waals surface area (Å²) in [5, 5.41) is 4.41. The van der Waals surface area contributed by atoms with E-state index in [0.29, 0.717) is 10.8 Å². The second-order valence-corrected chi connectivity index (χ2v) is 3.24. The van der Waals surface area contributed by atoms with Crippen molar-refractivity contribution in [2.75, 3.05) is 5.32 Å². The fourth-order valence-corrected chi connectivity index (χ4v) is 1.48. The molecular formula is C8H6N2O2S. The number of anilines is 1. The molecule has 0 aliphatic carbocycles. The van der Waals surface area contributed by atoms with E-state index in [2.05, 4.69) is 10.3 Å². The first-order chi connectivity index (χ1) is 6.36. The third kappa shape index (κ3) is 1.75. The molecule has 13 heavy (non-hydrogen) atoms. The highest BCUT2D eigenvalue weighted by Gasteiger charge is 2.07. The number of nitrogens with one attached hydrogen (secondary N) is 1. The molecule has 66 valence electrons. The van der Waals surface area contributed by atoms with Gasteiger partial charge in [-0.25, -0.2) is 4.98 Å². The highest BCUT2D eigenvalue weighted by atomic mass is 32.1. The van der Waals surface area contributed by atoms with Gasteiger partial charge in [-0.15, -0.1) is 11.3 Å². The van der Waals surface area contributed by atoms with Crippen LogP contribution in [0.1, 0.15) is 9.67 Å². The number of nitrogens with zero attached hydrogens (tertiary/aromatic N) is 1. The largest absolute Gasteiger partial charge is 0.428 e. The summed E-state index contributed by atoms with van der Waals surface area (Å²) in [6.45, 7) is 0. The minimum atomic E-state index is -0.174. The Morgan fingerprint density at radius 3 is 3.15 bits per heavy atom. The summed E-state index contributed by atoms with van der Waals surface area (Å²) in [6.07, 6.45) is 2.72.